The first kappa shape index (κ1) is 31.3. The second-order valence-electron chi connectivity index (χ2n) is 13.1. The minimum atomic E-state index is 0.559. The molecule has 0 aliphatic rings. The molecule has 0 saturated heterocycles. The fourth-order valence-corrected chi connectivity index (χ4v) is 7.21. The predicted molar refractivity (Wildman–Crippen MR) is 218 cm³/mol. The van der Waals surface area contributed by atoms with E-state index < -0.39 is 0 Å². The van der Waals surface area contributed by atoms with Gasteiger partial charge >= 0.3 is 0 Å². The highest BCUT2D eigenvalue weighted by Gasteiger charge is 2.21. The van der Waals surface area contributed by atoms with E-state index in [4.69, 9.17) is 29.9 Å². The lowest BCUT2D eigenvalue weighted by Crippen LogP contribution is -2.02. The Kier molecular flexibility index (Phi) is 7.69. The van der Waals surface area contributed by atoms with E-state index in [-0.39, 0.29) is 0 Å². The van der Waals surface area contributed by atoms with E-state index in [1.807, 2.05) is 121 Å². The Bertz CT molecular complexity index is 2850. The van der Waals surface area contributed by atoms with Crippen molar-refractivity contribution in [1.82, 2.24) is 29.9 Å². The molecule has 0 unspecified atom stereocenters. The van der Waals surface area contributed by atoms with Gasteiger partial charge in [-0.15, -0.1) is 0 Å². The van der Waals surface area contributed by atoms with Crippen LogP contribution in [0.4, 0.5) is 0 Å². The van der Waals surface area contributed by atoms with Crippen LogP contribution in [0.15, 0.2) is 182 Å². The van der Waals surface area contributed by atoms with E-state index >= 15 is 0 Å². The van der Waals surface area contributed by atoms with Crippen molar-refractivity contribution in [3.8, 4) is 68.3 Å². The van der Waals surface area contributed by atoms with Crippen LogP contribution in [0.25, 0.3) is 101 Å². The quantitative estimate of drug-likeness (QED) is 0.162. The van der Waals surface area contributed by atoms with Gasteiger partial charge in [0.05, 0.1) is 0 Å². The third-order valence-corrected chi connectivity index (χ3v) is 9.74. The second kappa shape index (κ2) is 13.3. The summed E-state index contributed by atoms with van der Waals surface area (Å²) in [7, 11) is 0. The average molecular weight is 691 g/mol. The standard InChI is InChI=1S/C48H30N6/c1-5-17-31(18-6-1)43-49-44(32-19-7-2-8-20-32)52-47(51-43)35-29-40-38-27-14-13-25-36(38)37-26-15-16-28-39(37)42(40)41(30-35)48-53-45(33-21-9-3-10-22-33)50-46(54-48)34-23-11-4-12-24-34/h1-30H. The maximum atomic E-state index is 5.23. The molecule has 2 heterocycles. The van der Waals surface area contributed by atoms with Crippen LogP contribution in [0.2, 0.25) is 0 Å². The van der Waals surface area contributed by atoms with Gasteiger partial charge in [0.1, 0.15) is 0 Å². The zero-order valence-corrected chi connectivity index (χ0v) is 29.0. The topological polar surface area (TPSA) is 77.3 Å². The van der Waals surface area contributed by atoms with Crippen LogP contribution in [-0.2, 0) is 0 Å². The molecule has 54 heavy (non-hydrogen) atoms. The zero-order valence-electron chi connectivity index (χ0n) is 29.0. The van der Waals surface area contributed by atoms with Gasteiger partial charge in [0.15, 0.2) is 34.9 Å². The molecule has 10 aromatic rings. The molecule has 0 saturated carbocycles. The summed E-state index contributed by atoms with van der Waals surface area (Å²) in [4.78, 5) is 30.7. The summed E-state index contributed by atoms with van der Waals surface area (Å²) in [6.45, 7) is 0. The van der Waals surface area contributed by atoms with Gasteiger partial charge in [-0.1, -0.05) is 170 Å². The molecule has 0 fully saturated rings. The molecular formula is C48H30N6. The molecule has 8 aromatic carbocycles. The lowest BCUT2D eigenvalue weighted by atomic mass is 9.90. The molecule has 6 nitrogen and oxygen atoms in total. The third kappa shape index (κ3) is 5.63. The molecule has 0 aliphatic carbocycles. The first-order chi connectivity index (χ1) is 26.8. The monoisotopic (exact) mass is 690 g/mol. The smallest absolute Gasteiger partial charge is 0.164 e. The van der Waals surface area contributed by atoms with E-state index in [2.05, 4.69) is 60.7 Å². The molecular weight excluding hydrogens is 661 g/mol. The highest BCUT2D eigenvalue weighted by molar-refractivity contribution is 6.28. The fraction of sp³-hybridized carbons (Fsp3) is 0. The number of nitrogens with zero attached hydrogens (tertiary/aromatic N) is 6. The van der Waals surface area contributed by atoms with Crippen molar-refractivity contribution in [3.05, 3.63) is 182 Å². The summed E-state index contributed by atoms with van der Waals surface area (Å²) < 4.78 is 0. The Morgan fingerprint density at radius 1 is 0.222 bits per heavy atom. The largest absolute Gasteiger partial charge is 0.208 e. The van der Waals surface area contributed by atoms with Gasteiger partial charge in [-0.3, -0.25) is 0 Å². The summed E-state index contributed by atoms with van der Waals surface area (Å²) >= 11 is 0. The number of fused-ring (bicyclic) bond motifs is 6. The van der Waals surface area contributed by atoms with Gasteiger partial charge in [-0.2, -0.15) is 0 Å². The van der Waals surface area contributed by atoms with Gasteiger partial charge in [0, 0.05) is 38.8 Å². The lowest BCUT2D eigenvalue weighted by molar-refractivity contribution is 1.07. The molecule has 0 N–H and O–H groups in total. The van der Waals surface area contributed by atoms with Crippen molar-refractivity contribution < 1.29 is 0 Å². The number of benzene rings is 8. The number of hydrogen-bond donors (Lipinski definition) is 0. The van der Waals surface area contributed by atoms with Crippen molar-refractivity contribution >= 4 is 32.3 Å². The number of hydrogen-bond acceptors (Lipinski definition) is 6. The van der Waals surface area contributed by atoms with Gasteiger partial charge in [-0.05, 0) is 39.1 Å². The minimum absolute atomic E-state index is 0.559. The van der Waals surface area contributed by atoms with E-state index in [0.717, 1.165) is 60.3 Å². The third-order valence-electron chi connectivity index (χ3n) is 9.74. The van der Waals surface area contributed by atoms with Gasteiger partial charge in [-0.25, -0.2) is 29.9 Å². The molecule has 0 amide bonds. The number of rotatable bonds is 6. The van der Waals surface area contributed by atoms with E-state index in [9.17, 15) is 0 Å². The number of aromatic nitrogens is 6. The Morgan fingerprint density at radius 2 is 0.519 bits per heavy atom. The summed E-state index contributed by atoms with van der Waals surface area (Å²) in [5.41, 5.74) is 5.33. The SMILES string of the molecule is c1ccc(-c2nc(-c3ccccc3)nc(-c3cc(-c4nc(-c5ccccc5)nc(-c5ccccc5)n4)c4c5ccccc5c5ccccc5c4c3)n2)cc1. The maximum absolute atomic E-state index is 5.23. The van der Waals surface area contributed by atoms with Crippen molar-refractivity contribution in [2.75, 3.05) is 0 Å². The lowest BCUT2D eigenvalue weighted by Gasteiger charge is -2.17. The van der Waals surface area contributed by atoms with Crippen molar-refractivity contribution in [1.29, 1.82) is 0 Å². The highest BCUT2D eigenvalue weighted by Crippen LogP contribution is 2.42. The molecule has 6 heteroatoms. The molecule has 0 radical (unpaired) electrons. The van der Waals surface area contributed by atoms with Crippen LogP contribution in [0.5, 0.6) is 0 Å². The maximum Gasteiger partial charge on any atom is 0.164 e. The first-order valence-corrected chi connectivity index (χ1v) is 17.9. The van der Waals surface area contributed by atoms with Gasteiger partial charge in [0.2, 0.25) is 0 Å². The molecule has 10 rings (SSSR count). The van der Waals surface area contributed by atoms with Crippen LogP contribution in [0.3, 0.4) is 0 Å². The zero-order chi connectivity index (χ0) is 35.8. The summed E-state index contributed by atoms with van der Waals surface area (Å²) in [6, 6.07) is 61.8. The minimum Gasteiger partial charge on any atom is -0.208 e. The van der Waals surface area contributed by atoms with E-state index in [1.54, 1.807) is 0 Å². The molecule has 0 spiro atoms. The van der Waals surface area contributed by atoms with Crippen molar-refractivity contribution in [3.63, 3.8) is 0 Å². The Balaban J connectivity index is 1.33. The Morgan fingerprint density at radius 3 is 0.926 bits per heavy atom. The molecule has 2 aromatic heterocycles. The van der Waals surface area contributed by atoms with Crippen LogP contribution >= 0.6 is 0 Å². The summed E-state index contributed by atoms with van der Waals surface area (Å²) in [5, 5.41) is 6.67. The van der Waals surface area contributed by atoms with Crippen LogP contribution in [0.1, 0.15) is 0 Å². The predicted octanol–water partition coefficient (Wildman–Crippen LogP) is 11.5. The summed E-state index contributed by atoms with van der Waals surface area (Å²) in [6.07, 6.45) is 0. The normalized spacial score (nSPS) is 11.3. The van der Waals surface area contributed by atoms with Gasteiger partial charge in [0.25, 0.3) is 0 Å². The second-order valence-corrected chi connectivity index (χ2v) is 13.1. The molecule has 0 aliphatic heterocycles. The Hall–Kier alpha value is -7.44. The van der Waals surface area contributed by atoms with Gasteiger partial charge < -0.3 is 0 Å². The highest BCUT2D eigenvalue weighted by atomic mass is 15.0. The first-order valence-electron chi connectivity index (χ1n) is 17.9. The average Bonchev–Trinajstić information content (AvgIpc) is 3.27. The molecule has 0 bridgehead atoms. The van der Waals surface area contributed by atoms with Crippen molar-refractivity contribution in [2.24, 2.45) is 0 Å². The van der Waals surface area contributed by atoms with E-state index in [1.165, 1.54) is 5.39 Å². The van der Waals surface area contributed by atoms with Crippen molar-refractivity contribution in [2.45, 2.75) is 0 Å². The molecule has 252 valence electrons. The molecule has 0 atom stereocenters. The van der Waals surface area contributed by atoms with Crippen LogP contribution < -0.4 is 0 Å². The van der Waals surface area contributed by atoms with Crippen LogP contribution in [-0.4, -0.2) is 29.9 Å². The van der Waals surface area contributed by atoms with E-state index in [0.29, 0.717) is 34.9 Å². The van der Waals surface area contributed by atoms with Crippen LogP contribution in [0, 0.1) is 0 Å². The fourth-order valence-electron chi connectivity index (χ4n) is 7.21. The summed E-state index contributed by atoms with van der Waals surface area (Å²) in [5.74, 6) is 3.52. The Labute approximate surface area is 311 Å².